The van der Waals surface area contributed by atoms with Gasteiger partial charge in [0.2, 0.25) is 0 Å². The predicted octanol–water partition coefficient (Wildman–Crippen LogP) is 9.43. The lowest BCUT2D eigenvalue weighted by molar-refractivity contribution is 0.493. The zero-order chi connectivity index (χ0) is 26.2. The van der Waals surface area contributed by atoms with Gasteiger partial charge >= 0.3 is 0 Å². The van der Waals surface area contributed by atoms with Gasteiger partial charge in [-0.3, -0.25) is 0 Å². The predicted molar refractivity (Wildman–Crippen MR) is 166 cm³/mol. The van der Waals surface area contributed by atoms with Crippen LogP contribution in [0.1, 0.15) is 30.9 Å². The van der Waals surface area contributed by atoms with E-state index in [1.165, 1.54) is 39.1 Å². The third-order valence-electron chi connectivity index (χ3n) is 8.28. The van der Waals surface area contributed by atoms with Crippen molar-refractivity contribution in [1.82, 2.24) is 0 Å². The molecule has 2 heteroatoms. The molecule has 0 amide bonds. The maximum atomic E-state index is 3.61. The van der Waals surface area contributed by atoms with E-state index in [1.807, 2.05) is 0 Å². The molecule has 0 spiro atoms. The average molecular weight is 505 g/mol. The summed E-state index contributed by atoms with van der Waals surface area (Å²) in [7, 11) is 0. The lowest BCUT2D eigenvalue weighted by Gasteiger charge is -2.43. The van der Waals surface area contributed by atoms with Gasteiger partial charge in [-0.15, -0.1) is 0 Å². The van der Waals surface area contributed by atoms with E-state index in [-0.39, 0.29) is 5.54 Å². The monoisotopic (exact) mass is 504 g/mol. The van der Waals surface area contributed by atoms with Gasteiger partial charge in [-0.05, 0) is 84.0 Å². The standard InChI is InChI=1S/C37H32N2/c1-37(23-8-3-9-24-37)39-35-16-7-6-15-33(35)34-26-30(19-22-36(34)39)29-13-10-14-32(25-29)38-31-20-17-28(18-21-31)27-11-4-2-5-12-27/h2-21,23,25-26,36,38H,22,24H2,1H3. The molecule has 0 saturated heterocycles. The third kappa shape index (κ3) is 4.32. The van der Waals surface area contributed by atoms with E-state index < -0.39 is 0 Å². The van der Waals surface area contributed by atoms with Gasteiger partial charge in [-0.2, -0.15) is 0 Å². The first kappa shape index (κ1) is 23.5. The molecule has 0 radical (unpaired) electrons. The number of benzene rings is 4. The number of allylic oxidation sites excluding steroid dienone is 4. The van der Waals surface area contributed by atoms with E-state index in [4.69, 9.17) is 0 Å². The maximum Gasteiger partial charge on any atom is 0.0600 e. The highest BCUT2D eigenvalue weighted by molar-refractivity contribution is 5.97. The van der Waals surface area contributed by atoms with E-state index >= 15 is 0 Å². The molecule has 0 bridgehead atoms. The molecule has 2 unspecified atom stereocenters. The number of para-hydroxylation sites is 1. The van der Waals surface area contributed by atoms with Gasteiger partial charge in [0.1, 0.15) is 0 Å². The highest BCUT2D eigenvalue weighted by atomic mass is 15.2. The fraction of sp³-hybridized carbons (Fsp3) is 0.135. The molecule has 2 atom stereocenters. The first-order valence-electron chi connectivity index (χ1n) is 13.9. The highest BCUT2D eigenvalue weighted by Crippen LogP contribution is 2.49. The Morgan fingerprint density at radius 2 is 1.51 bits per heavy atom. The Morgan fingerprint density at radius 3 is 2.33 bits per heavy atom. The summed E-state index contributed by atoms with van der Waals surface area (Å²) in [4.78, 5) is 2.65. The second-order valence-corrected chi connectivity index (χ2v) is 10.9. The minimum atomic E-state index is -0.0175. The summed E-state index contributed by atoms with van der Waals surface area (Å²) in [6.07, 6.45) is 15.9. The van der Waals surface area contributed by atoms with Crippen molar-refractivity contribution in [2.75, 3.05) is 10.2 Å². The van der Waals surface area contributed by atoms with Crippen LogP contribution in [0.4, 0.5) is 17.1 Å². The zero-order valence-electron chi connectivity index (χ0n) is 22.2. The molecule has 1 N–H and O–H groups in total. The molecule has 7 rings (SSSR count). The topological polar surface area (TPSA) is 15.3 Å². The summed E-state index contributed by atoms with van der Waals surface area (Å²) in [5.41, 5.74) is 11.3. The van der Waals surface area contributed by atoms with Crippen LogP contribution in [0.3, 0.4) is 0 Å². The second kappa shape index (κ2) is 9.63. The van der Waals surface area contributed by atoms with E-state index in [2.05, 4.69) is 157 Å². The summed E-state index contributed by atoms with van der Waals surface area (Å²) in [5.74, 6) is 0. The number of nitrogens with zero attached hydrogens (tertiary/aromatic N) is 1. The summed E-state index contributed by atoms with van der Waals surface area (Å²) < 4.78 is 0. The molecule has 0 aromatic heterocycles. The molecule has 4 aromatic carbocycles. The van der Waals surface area contributed by atoms with Gasteiger partial charge in [0.05, 0.1) is 11.6 Å². The van der Waals surface area contributed by atoms with Crippen molar-refractivity contribution in [1.29, 1.82) is 0 Å². The largest absolute Gasteiger partial charge is 0.356 e. The SMILES string of the molecule is CC1(N2c3ccccc3C3=CC(c4cccc(Nc5ccc(-c6ccccc6)cc5)c4)=CCC32)C=CC=CC1. The van der Waals surface area contributed by atoms with E-state index in [1.54, 1.807) is 0 Å². The van der Waals surface area contributed by atoms with Crippen LogP contribution in [0.2, 0.25) is 0 Å². The van der Waals surface area contributed by atoms with Crippen LogP contribution in [0.5, 0.6) is 0 Å². The van der Waals surface area contributed by atoms with Crippen molar-refractivity contribution in [2.45, 2.75) is 31.3 Å². The number of rotatable bonds is 5. The molecule has 4 aromatic rings. The Hall–Kier alpha value is -4.56. The van der Waals surface area contributed by atoms with Crippen LogP contribution >= 0.6 is 0 Å². The van der Waals surface area contributed by atoms with Crippen molar-refractivity contribution in [3.8, 4) is 11.1 Å². The van der Waals surface area contributed by atoms with Crippen molar-refractivity contribution in [3.63, 3.8) is 0 Å². The Labute approximate surface area is 231 Å². The number of fused-ring (bicyclic) bond motifs is 3. The van der Waals surface area contributed by atoms with Gasteiger partial charge in [0.15, 0.2) is 0 Å². The van der Waals surface area contributed by atoms with Gasteiger partial charge < -0.3 is 10.2 Å². The van der Waals surface area contributed by atoms with Crippen molar-refractivity contribution in [3.05, 3.63) is 151 Å². The van der Waals surface area contributed by atoms with Gasteiger partial charge in [-0.25, -0.2) is 0 Å². The van der Waals surface area contributed by atoms with Crippen molar-refractivity contribution < 1.29 is 0 Å². The lowest BCUT2D eigenvalue weighted by Crippen LogP contribution is -2.49. The van der Waals surface area contributed by atoms with Crippen LogP contribution in [0.15, 0.2) is 140 Å². The molecule has 0 saturated carbocycles. The fourth-order valence-corrected chi connectivity index (χ4v) is 6.33. The van der Waals surface area contributed by atoms with Crippen molar-refractivity contribution >= 4 is 28.2 Å². The van der Waals surface area contributed by atoms with Gasteiger partial charge in [0.25, 0.3) is 0 Å². The molecule has 190 valence electrons. The summed E-state index contributed by atoms with van der Waals surface area (Å²) in [6, 6.07) is 37.2. The Balaban J connectivity index is 1.15. The molecule has 1 heterocycles. The number of hydrogen-bond acceptors (Lipinski definition) is 2. The van der Waals surface area contributed by atoms with E-state index in [0.29, 0.717) is 6.04 Å². The molecular weight excluding hydrogens is 472 g/mol. The lowest BCUT2D eigenvalue weighted by atomic mass is 9.86. The van der Waals surface area contributed by atoms with Crippen LogP contribution < -0.4 is 10.2 Å². The van der Waals surface area contributed by atoms with Crippen LogP contribution in [-0.2, 0) is 0 Å². The van der Waals surface area contributed by atoms with Crippen LogP contribution in [0.25, 0.3) is 22.3 Å². The molecule has 3 aliphatic rings. The number of nitrogens with one attached hydrogen (secondary N) is 1. The summed E-state index contributed by atoms with van der Waals surface area (Å²) in [5, 5.41) is 3.61. The molecule has 2 nitrogen and oxygen atoms in total. The number of anilines is 3. The first-order chi connectivity index (χ1) is 19.2. The minimum absolute atomic E-state index is 0.0175. The Kier molecular flexibility index (Phi) is 5.82. The molecule has 2 aliphatic carbocycles. The zero-order valence-corrected chi connectivity index (χ0v) is 22.2. The van der Waals surface area contributed by atoms with Crippen molar-refractivity contribution in [2.24, 2.45) is 0 Å². The Bertz CT molecular complexity index is 1640. The maximum absolute atomic E-state index is 3.61. The third-order valence-corrected chi connectivity index (χ3v) is 8.28. The average Bonchev–Trinajstić information content (AvgIpc) is 3.33. The Morgan fingerprint density at radius 1 is 0.744 bits per heavy atom. The summed E-state index contributed by atoms with van der Waals surface area (Å²) in [6.45, 7) is 2.37. The second-order valence-electron chi connectivity index (χ2n) is 10.9. The van der Waals surface area contributed by atoms with Gasteiger partial charge in [-0.1, -0.05) is 103 Å². The van der Waals surface area contributed by atoms with Crippen LogP contribution in [-0.4, -0.2) is 11.6 Å². The van der Waals surface area contributed by atoms with E-state index in [9.17, 15) is 0 Å². The fourth-order valence-electron chi connectivity index (χ4n) is 6.33. The molecular formula is C37H32N2. The minimum Gasteiger partial charge on any atom is -0.356 e. The normalized spacial score (nSPS) is 21.2. The van der Waals surface area contributed by atoms with Crippen LogP contribution in [0, 0.1) is 0 Å². The first-order valence-corrected chi connectivity index (χ1v) is 13.9. The summed E-state index contributed by atoms with van der Waals surface area (Å²) >= 11 is 0. The quantitative estimate of drug-likeness (QED) is 0.291. The smallest absolute Gasteiger partial charge is 0.0600 e. The van der Waals surface area contributed by atoms with Gasteiger partial charge in [0, 0.05) is 22.6 Å². The van der Waals surface area contributed by atoms with E-state index in [0.717, 1.165) is 24.2 Å². The highest BCUT2D eigenvalue weighted by Gasteiger charge is 2.43. The molecule has 0 fully saturated rings. The molecule has 1 aliphatic heterocycles. The molecule has 39 heavy (non-hydrogen) atoms. The number of hydrogen-bond donors (Lipinski definition) is 1.